The lowest BCUT2D eigenvalue weighted by atomic mass is 10.2. The molecule has 26 heavy (non-hydrogen) atoms. The lowest BCUT2D eigenvalue weighted by molar-refractivity contribution is -0.151. The van der Waals surface area contributed by atoms with Crippen molar-refractivity contribution in [1.82, 2.24) is 15.5 Å². The fourth-order valence-electron chi connectivity index (χ4n) is 3.28. The molecule has 1 saturated carbocycles. The minimum atomic E-state index is -0.429. The number of likely N-dealkylation sites (N-methyl/N-ethyl adjacent to an activating group) is 1. The number of amides is 1. The minimum Gasteiger partial charge on any atom is -0.353 e. The first-order valence-corrected chi connectivity index (χ1v) is 9.94. The van der Waals surface area contributed by atoms with Gasteiger partial charge in [0.15, 0.2) is 11.7 Å². The summed E-state index contributed by atoms with van der Waals surface area (Å²) in [6.45, 7) is 3.54. The van der Waals surface area contributed by atoms with Gasteiger partial charge in [0, 0.05) is 37.9 Å². The van der Waals surface area contributed by atoms with E-state index >= 15 is 0 Å². The Morgan fingerprint density at radius 2 is 2.23 bits per heavy atom. The number of hydrogen-bond acceptors (Lipinski definition) is 5. The van der Waals surface area contributed by atoms with Gasteiger partial charge in [-0.2, -0.15) is 0 Å². The second-order valence-electron chi connectivity index (χ2n) is 7.03. The summed E-state index contributed by atoms with van der Waals surface area (Å²) in [6, 6.07) is 4.46. The van der Waals surface area contributed by atoms with Crippen molar-refractivity contribution < 1.29 is 14.3 Å². The van der Waals surface area contributed by atoms with E-state index < -0.39 is 5.79 Å². The van der Waals surface area contributed by atoms with Crippen molar-refractivity contribution in [2.24, 2.45) is 4.99 Å². The molecular weight excluding hydrogens is 352 g/mol. The van der Waals surface area contributed by atoms with Crippen molar-refractivity contribution in [3.63, 3.8) is 0 Å². The van der Waals surface area contributed by atoms with Crippen molar-refractivity contribution in [2.75, 3.05) is 33.9 Å². The fraction of sp³-hybridized carbons (Fsp3) is 0.667. The number of hydrogen-bond donors (Lipinski definition) is 2. The molecular formula is C18H28N4O3S. The largest absolute Gasteiger partial charge is 0.353 e. The van der Waals surface area contributed by atoms with Gasteiger partial charge in [0.2, 0.25) is 5.91 Å². The van der Waals surface area contributed by atoms with Crippen LogP contribution in [0.25, 0.3) is 0 Å². The van der Waals surface area contributed by atoms with Crippen molar-refractivity contribution in [2.45, 2.75) is 44.1 Å². The molecule has 1 saturated heterocycles. The average Bonchev–Trinajstić information content (AvgIpc) is 3.35. The highest BCUT2D eigenvalue weighted by Gasteiger charge is 2.44. The van der Waals surface area contributed by atoms with Gasteiger partial charge in [-0.25, -0.2) is 4.99 Å². The van der Waals surface area contributed by atoms with Crippen LogP contribution in [0, 0.1) is 0 Å². The molecule has 1 spiro atoms. The topological polar surface area (TPSA) is 75.2 Å². The Kier molecular flexibility index (Phi) is 6.16. The molecule has 144 valence electrons. The van der Waals surface area contributed by atoms with Crippen LogP contribution >= 0.6 is 11.3 Å². The monoisotopic (exact) mass is 380 g/mol. The van der Waals surface area contributed by atoms with Crippen LogP contribution in [0.5, 0.6) is 0 Å². The van der Waals surface area contributed by atoms with E-state index in [9.17, 15) is 4.79 Å². The molecule has 1 aromatic rings. The predicted octanol–water partition coefficient (Wildman–Crippen LogP) is 1.73. The molecule has 0 aromatic carbocycles. The number of rotatable bonds is 5. The van der Waals surface area contributed by atoms with Gasteiger partial charge in [-0.3, -0.25) is 4.79 Å². The summed E-state index contributed by atoms with van der Waals surface area (Å²) in [7, 11) is 3.48. The van der Waals surface area contributed by atoms with Gasteiger partial charge in [-0.15, -0.1) is 11.3 Å². The zero-order valence-corrected chi connectivity index (χ0v) is 16.5. The molecule has 3 rings (SSSR count). The Balaban J connectivity index is 1.64. The van der Waals surface area contributed by atoms with Gasteiger partial charge in [0.1, 0.15) is 6.54 Å². The maximum Gasteiger partial charge on any atom is 0.243 e. The van der Waals surface area contributed by atoms with E-state index in [1.807, 2.05) is 6.07 Å². The molecule has 0 bridgehead atoms. The summed E-state index contributed by atoms with van der Waals surface area (Å²) in [5.41, 5.74) is 0. The Morgan fingerprint density at radius 1 is 1.46 bits per heavy atom. The van der Waals surface area contributed by atoms with Crippen LogP contribution in [0.2, 0.25) is 0 Å². The first-order valence-electron chi connectivity index (χ1n) is 9.06. The molecule has 2 fully saturated rings. The molecule has 7 nitrogen and oxygen atoms in total. The van der Waals surface area contributed by atoms with Crippen LogP contribution in [0.15, 0.2) is 22.5 Å². The summed E-state index contributed by atoms with van der Waals surface area (Å²) in [5, 5.41) is 8.94. The second-order valence-corrected chi connectivity index (χ2v) is 8.01. The van der Waals surface area contributed by atoms with E-state index in [-0.39, 0.29) is 24.5 Å². The van der Waals surface area contributed by atoms with Crippen molar-refractivity contribution >= 4 is 23.2 Å². The van der Waals surface area contributed by atoms with Crippen molar-refractivity contribution in [3.8, 4) is 0 Å². The van der Waals surface area contributed by atoms with Crippen LogP contribution in [0.3, 0.4) is 0 Å². The minimum absolute atomic E-state index is 0.0276. The molecule has 2 heterocycles. The number of ether oxygens (including phenoxy) is 2. The standard InChI is InChI=1S/C18H28N4O3S/c1-13(15-5-4-10-26-15)20-17(19-12-16(23)22(2)3)21-14-6-7-18(11-14)24-8-9-25-18/h4-5,10,13-14H,6-9,11-12H2,1-3H3,(H2,19,20,21). The maximum atomic E-state index is 11.9. The molecule has 1 amide bonds. The lowest BCUT2D eigenvalue weighted by Crippen LogP contribution is -2.45. The van der Waals surface area contributed by atoms with Crippen LogP contribution in [0.4, 0.5) is 0 Å². The molecule has 2 atom stereocenters. The highest BCUT2D eigenvalue weighted by molar-refractivity contribution is 7.10. The molecule has 2 N–H and O–H groups in total. The van der Waals surface area contributed by atoms with Gasteiger partial charge in [-0.1, -0.05) is 6.07 Å². The Morgan fingerprint density at radius 3 is 2.88 bits per heavy atom. The lowest BCUT2D eigenvalue weighted by Gasteiger charge is -2.24. The summed E-state index contributed by atoms with van der Waals surface area (Å²) >= 11 is 1.70. The second kappa shape index (κ2) is 8.37. The van der Waals surface area contributed by atoms with Gasteiger partial charge >= 0.3 is 0 Å². The normalized spacial score (nSPS) is 23.2. The number of thiophene rings is 1. The molecule has 1 aliphatic carbocycles. The van der Waals surface area contributed by atoms with E-state index in [1.165, 1.54) is 4.88 Å². The SMILES string of the molecule is CC(NC(=NCC(=O)N(C)C)NC1CCC2(C1)OCCO2)c1cccs1. The summed E-state index contributed by atoms with van der Waals surface area (Å²) in [6.07, 6.45) is 2.63. The molecule has 8 heteroatoms. The molecule has 2 aliphatic rings. The zero-order valence-electron chi connectivity index (χ0n) is 15.7. The number of nitrogens with zero attached hydrogens (tertiary/aromatic N) is 2. The van der Waals surface area contributed by atoms with E-state index in [0.29, 0.717) is 19.2 Å². The zero-order chi connectivity index (χ0) is 18.6. The summed E-state index contributed by atoms with van der Waals surface area (Å²) < 4.78 is 11.6. The van der Waals surface area contributed by atoms with Gasteiger partial charge < -0.3 is 25.0 Å². The number of aliphatic imine (C=N–C) groups is 1. The third kappa shape index (κ3) is 4.75. The van der Waals surface area contributed by atoms with Crippen LogP contribution in [-0.4, -0.2) is 62.4 Å². The van der Waals surface area contributed by atoms with Crippen LogP contribution < -0.4 is 10.6 Å². The molecule has 1 aliphatic heterocycles. The van der Waals surface area contributed by atoms with Crippen LogP contribution in [-0.2, 0) is 14.3 Å². The molecule has 0 radical (unpaired) electrons. The highest BCUT2D eigenvalue weighted by Crippen LogP contribution is 2.37. The van der Waals surface area contributed by atoms with E-state index in [4.69, 9.17) is 9.47 Å². The van der Waals surface area contributed by atoms with Crippen molar-refractivity contribution in [3.05, 3.63) is 22.4 Å². The third-order valence-corrected chi connectivity index (χ3v) is 5.83. The van der Waals surface area contributed by atoms with E-state index in [2.05, 4.69) is 34.0 Å². The van der Waals surface area contributed by atoms with Gasteiger partial charge in [-0.05, 0) is 24.8 Å². The number of nitrogens with one attached hydrogen (secondary N) is 2. The Labute approximate surface area is 158 Å². The molecule has 2 unspecified atom stereocenters. The van der Waals surface area contributed by atoms with Gasteiger partial charge in [0.25, 0.3) is 0 Å². The number of carbonyl (C=O) groups excluding carboxylic acids is 1. The number of carbonyl (C=O) groups is 1. The Bertz CT molecular complexity index is 626. The summed E-state index contributed by atoms with van der Waals surface area (Å²) in [4.78, 5) is 19.2. The van der Waals surface area contributed by atoms with Crippen molar-refractivity contribution in [1.29, 1.82) is 0 Å². The third-order valence-electron chi connectivity index (χ3n) is 4.78. The number of guanidine groups is 1. The maximum absolute atomic E-state index is 11.9. The molecule has 1 aromatic heterocycles. The van der Waals surface area contributed by atoms with E-state index in [1.54, 1.807) is 30.3 Å². The average molecular weight is 381 g/mol. The first kappa shape index (κ1) is 19.1. The summed E-state index contributed by atoms with van der Waals surface area (Å²) in [5.74, 6) is 0.197. The van der Waals surface area contributed by atoms with E-state index in [0.717, 1.165) is 19.3 Å². The predicted molar refractivity (Wildman–Crippen MR) is 102 cm³/mol. The fourth-order valence-corrected chi connectivity index (χ4v) is 4.02. The van der Waals surface area contributed by atoms with Crippen LogP contribution in [0.1, 0.15) is 37.1 Å². The first-order chi connectivity index (χ1) is 12.5. The quantitative estimate of drug-likeness (QED) is 0.601. The Hall–Kier alpha value is -1.64. The smallest absolute Gasteiger partial charge is 0.243 e. The highest BCUT2D eigenvalue weighted by atomic mass is 32.1. The van der Waals surface area contributed by atoms with Gasteiger partial charge in [0.05, 0.1) is 19.3 Å².